The van der Waals surface area contributed by atoms with E-state index in [0.717, 1.165) is 11.0 Å². The molecule has 0 unspecified atom stereocenters. The van der Waals surface area contributed by atoms with Crippen LogP contribution in [0.2, 0.25) is 5.02 Å². The van der Waals surface area contributed by atoms with Crippen LogP contribution in [-0.2, 0) is 14.1 Å². The van der Waals surface area contributed by atoms with Gasteiger partial charge in [-0.15, -0.1) is 0 Å². The van der Waals surface area contributed by atoms with Gasteiger partial charge in [0.15, 0.2) is 0 Å². The normalized spacial score (nSPS) is 26.3. The fourth-order valence-electron chi connectivity index (χ4n) is 2.81. The van der Waals surface area contributed by atoms with Gasteiger partial charge >= 0.3 is 7.12 Å². The molecule has 1 amide bonds. The summed E-state index contributed by atoms with van der Waals surface area (Å²) in [5.74, 6) is 0.281. The smallest absolute Gasteiger partial charge is 0.399 e. The van der Waals surface area contributed by atoms with Crippen LogP contribution in [0.1, 0.15) is 45.6 Å². The number of hydrogen-bond donors (Lipinski definition) is 1. The number of hydrogen-bond acceptors (Lipinski definition) is 3. The highest BCUT2D eigenvalue weighted by atomic mass is 35.5. The second-order valence-corrected chi connectivity index (χ2v) is 7.48. The first kappa shape index (κ1) is 15.8. The van der Waals surface area contributed by atoms with Gasteiger partial charge in [-0.2, -0.15) is 0 Å². The minimum Gasteiger partial charge on any atom is -0.399 e. The Hall–Kier alpha value is -1.04. The average Bonchev–Trinajstić information content (AvgIpc) is 2.92. The van der Waals surface area contributed by atoms with E-state index in [0.29, 0.717) is 18.0 Å². The molecule has 0 bridgehead atoms. The number of halogens is 1. The van der Waals surface area contributed by atoms with Gasteiger partial charge in [0.25, 0.3) is 0 Å². The number of nitrogens with one attached hydrogen (secondary N) is 1. The predicted molar refractivity (Wildman–Crippen MR) is 87.5 cm³/mol. The highest BCUT2D eigenvalue weighted by Gasteiger charge is 2.52. The second kappa shape index (κ2) is 5.26. The van der Waals surface area contributed by atoms with Crippen molar-refractivity contribution in [1.29, 1.82) is 0 Å². The Morgan fingerprint density at radius 2 is 1.86 bits per heavy atom. The Balaban J connectivity index is 1.90. The molecular weight excluding hydrogens is 300 g/mol. The highest BCUT2D eigenvalue weighted by Crippen LogP contribution is 2.37. The predicted octanol–water partition coefficient (Wildman–Crippen LogP) is 2.24. The van der Waals surface area contributed by atoms with Crippen LogP contribution in [0, 0.1) is 0 Å². The van der Waals surface area contributed by atoms with Crippen LogP contribution in [0.5, 0.6) is 0 Å². The highest BCUT2D eigenvalue weighted by molar-refractivity contribution is 6.65. The molecule has 2 aliphatic heterocycles. The van der Waals surface area contributed by atoms with Gasteiger partial charge < -0.3 is 14.6 Å². The Morgan fingerprint density at radius 3 is 2.41 bits per heavy atom. The lowest BCUT2D eigenvalue weighted by Crippen LogP contribution is -2.41. The van der Waals surface area contributed by atoms with E-state index in [-0.39, 0.29) is 11.8 Å². The fraction of sp³-hybridized carbons (Fsp3) is 0.562. The summed E-state index contributed by atoms with van der Waals surface area (Å²) in [6, 6.07) is 5.84. The van der Waals surface area contributed by atoms with Gasteiger partial charge in [0.1, 0.15) is 0 Å². The maximum atomic E-state index is 11.4. The Morgan fingerprint density at radius 1 is 1.23 bits per heavy atom. The topological polar surface area (TPSA) is 47.6 Å². The molecule has 1 aromatic rings. The summed E-state index contributed by atoms with van der Waals surface area (Å²) >= 11 is 6.36. The first-order valence-electron chi connectivity index (χ1n) is 7.61. The van der Waals surface area contributed by atoms with Crippen molar-refractivity contribution in [3.8, 4) is 0 Å². The van der Waals surface area contributed by atoms with Crippen LogP contribution in [0.4, 0.5) is 0 Å². The summed E-state index contributed by atoms with van der Waals surface area (Å²) in [6.45, 7) is 8.74. The van der Waals surface area contributed by atoms with Gasteiger partial charge in [0.05, 0.1) is 11.2 Å². The number of carbonyl (C=O) groups excluding carboxylic acids is 1. The average molecular weight is 322 g/mol. The van der Waals surface area contributed by atoms with Crippen molar-refractivity contribution >= 4 is 30.1 Å². The molecule has 4 nitrogen and oxygen atoms in total. The maximum absolute atomic E-state index is 11.4. The van der Waals surface area contributed by atoms with Crippen molar-refractivity contribution in [3.63, 3.8) is 0 Å². The van der Waals surface area contributed by atoms with Gasteiger partial charge in [0, 0.05) is 29.4 Å². The molecular formula is C16H21BClNO3. The fourth-order valence-corrected chi connectivity index (χ4v) is 3.01. The molecule has 3 rings (SSSR count). The number of rotatable bonds is 2. The molecule has 0 aliphatic carbocycles. The third kappa shape index (κ3) is 2.66. The molecule has 2 aliphatic rings. The molecule has 0 saturated carbocycles. The number of amides is 1. The molecule has 0 radical (unpaired) electrons. The molecule has 2 fully saturated rings. The van der Waals surface area contributed by atoms with E-state index in [1.807, 2.05) is 45.9 Å². The SMILES string of the molecule is CC1(C)OB(c2cc([C@@H]3CNC(=O)C3)ccc2Cl)OC1(C)C. The summed E-state index contributed by atoms with van der Waals surface area (Å²) in [5.41, 5.74) is 1.12. The molecule has 1 N–H and O–H groups in total. The van der Waals surface area contributed by atoms with Crippen molar-refractivity contribution < 1.29 is 14.1 Å². The summed E-state index contributed by atoms with van der Waals surface area (Å²) < 4.78 is 12.2. The monoisotopic (exact) mass is 321 g/mol. The molecule has 22 heavy (non-hydrogen) atoms. The lowest BCUT2D eigenvalue weighted by Gasteiger charge is -2.32. The zero-order chi connectivity index (χ0) is 16.1. The maximum Gasteiger partial charge on any atom is 0.496 e. The van der Waals surface area contributed by atoms with Crippen molar-refractivity contribution in [2.24, 2.45) is 0 Å². The van der Waals surface area contributed by atoms with E-state index in [9.17, 15) is 4.79 Å². The van der Waals surface area contributed by atoms with E-state index >= 15 is 0 Å². The molecule has 2 heterocycles. The first-order valence-corrected chi connectivity index (χ1v) is 7.99. The van der Waals surface area contributed by atoms with Crippen molar-refractivity contribution in [1.82, 2.24) is 5.32 Å². The molecule has 2 saturated heterocycles. The van der Waals surface area contributed by atoms with Gasteiger partial charge in [0.2, 0.25) is 5.91 Å². The van der Waals surface area contributed by atoms with E-state index in [1.54, 1.807) is 0 Å². The van der Waals surface area contributed by atoms with E-state index in [4.69, 9.17) is 20.9 Å². The molecule has 6 heteroatoms. The number of carbonyl (C=O) groups is 1. The lowest BCUT2D eigenvalue weighted by atomic mass is 9.77. The summed E-state index contributed by atoms with van der Waals surface area (Å²) in [5, 5.41) is 3.49. The van der Waals surface area contributed by atoms with E-state index < -0.39 is 18.3 Å². The Labute approximate surface area is 136 Å². The van der Waals surface area contributed by atoms with Crippen LogP contribution in [0.15, 0.2) is 18.2 Å². The lowest BCUT2D eigenvalue weighted by molar-refractivity contribution is -0.119. The van der Waals surface area contributed by atoms with Crippen molar-refractivity contribution in [2.45, 2.75) is 51.2 Å². The quantitative estimate of drug-likeness (QED) is 0.850. The molecule has 0 spiro atoms. The number of benzene rings is 1. The minimum absolute atomic E-state index is 0.0946. The Kier molecular flexibility index (Phi) is 3.79. The largest absolute Gasteiger partial charge is 0.496 e. The summed E-state index contributed by atoms with van der Waals surface area (Å²) in [4.78, 5) is 11.4. The van der Waals surface area contributed by atoms with E-state index in [1.165, 1.54) is 0 Å². The zero-order valence-corrected chi connectivity index (χ0v) is 14.2. The van der Waals surface area contributed by atoms with Crippen molar-refractivity contribution in [3.05, 3.63) is 28.8 Å². The molecule has 118 valence electrons. The second-order valence-electron chi connectivity index (χ2n) is 7.07. The standard InChI is InChI=1S/C16H21BClNO3/c1-15(2)16(3,4)22-17(21-15)12-7-10(5-6-13(12)18)11-8-14(20)19-9-11/h5-7,11H,8-9H2,1-4H3,(H,19,20)/t11-/m0/s1. The first-order chi connectivity index (χ1) is 10.2. The zero-order valence-electron chi connectivity index (χ0n) is 13.4. The summed E-state index contributed by atoms with van der Waals surface area (Å²) in [7, 11) is -0.484. The minimum atomic E-state index is -0.484. The van der Waals surface area contributed by atoms with Crippen LogP contribution >= 0.6 is 11.6 Å². The molecule has 1 atom stereocenters. The van der Waals surface area contributed by atoms with E-state index in [2.05, 4.69) is 5.32 Å². The molecule has 1 aromatic carbocycles. The molecule has 0 aromatic heterocycles. The van der Waals surface area contributed by atoms with Crippen LogP contribution in [-0.4, -0.2) is 30.8 Å². The third-order valence-electron chi connectivity index (χ3n) is 4.98. The summed E-state index contributed by atoms with van der Waals surface area (Å²) in [6.07, 6.45) is 0.518. The van der Waals surface area contributed by atoms with Crippen LogP contribution in [0.25, 0.3) is 0 Å². The van der Waals surface area contributed by atoms with Crippen LogP contribution < -0.4 is 10.8 Å². The Bertz CT molecular complexity index is 601. The van der Waals surface area contributed by atoms with Gasteiger partial charge in [-0.3, -0.25) is 4.79 Å². The van der Waals surface area contributed by atoms with Gasteiger partial charge in [-0.25, -0.2) is 0 Å². The van der Waals surface area contributed by atoms with Gasteiger partial charge in [-0.1, -0.05) is 23.7 Å². The van der Waals surface area contributed by atoms with Crippen LogP contribution in [0.3, 0.4) is 0 Å². The van der Waals surface area contributed by atoms with Gasteiger partial charge in [-0.05, 0) is 39.3 Å². The third-order valence-corrected chi connectivity index (χ3v) is 5.32. The van der Waals surface area contributed by atoms with Crippen molar-refractivity contribution in [2.75, 3.05) is 6.54 Å².